The van der Waals surface area contributed by atoms with Crippen LogP contribution in [0.3, 0.4) is 0 Å². The molecule has 0 heterocycles. The maximum absolute atomic E-state index is 12.1. The van der Waals surface area contributed by atoms with Gasteiger partial charge in [0.25, 0.3) is 5.91 Å². The number of carbonyl (C=O) groups excluding carboxylic acids is 1. The SMILES string of the molecule is CC(C)(O)C(C)(C)NC(=O)c1cc(N)cc(Br)c1. The van der Waals surface area contributed by atoms with Gasteiger partial charge in [0.2, 0.25) is 0 Å². The van der Waals surface area contributed by atoms with Crippen LogP contribution in [0.4, 0.5) is 5.69 Å². The molecule has 0 spiro atoms. The highest BCUT2D eigenvalue weighted by atomic mass is 79.9. The predicted molar refractivity (Wildman–Crippen MR) is 76.4 cm³/mol. The number of anilines is 1. The number of benzene rings is 1. The lowest BCUT2D eigenvalue weighted by Gasteiger charge is -2.38. The summed E-state index contributed by atoms with van der Waals surface area (Å²) in [7, 11) is 0. The first kappa shape index (κ1) is 15.0. The monoisotopic (exact) mass is 314 g/mol. The lowest BCUT2D eigenvalue weighted by atomic mass is 9.85. The highest BCUT2D eigenvalue weighted by molar-refractivity contribution is 9.10. The quantitative estimate of drug-likeness (QED) is 0.749. The summed E-state index contributed by atoms with van der Waals surface area (Å²) in [5.41, 5.74) is 4.88. The van der Waals surface area contributed by atoms with Crippen molar-refractivity contribution in [3.05, 3.63) is 28.2 Å². The molecule has 0 aromatic heterocycles. The first-order chi connectivity index (χ1) is 8.03. The molecule has 1 aromatic rings. The number of hydrogen-bond acceptors (Lipinski definition) is 3. The Morgan fingerprint density at radius 3 is 2.28 bits per heavy atom. The summed E-state index contributed by atoms with van der Waals surface area (Å²) in [5.74, 6) is -0.268. The van der Waals surface area contributed by atoms with Crippen molar-refractivity contribution in [1.82, 2.24) is 5.32 Å². The van der Waals surface area contributed by atoms with Crippen LogP contribution in [0.5, 0.6) is 0 Å². The third-order valence-corrected chi connectivity index (χ3v) is 3.60. The molecule has 4 nitrogen and oxygen atoms in total. The second kappa shape index (κ2) is 4.90. The molecule has 0 saturated carbocycles. The van der Waals surface area contributed by atoms with E-state index in [0.29, 0.717) is 11.3 Å². The van der Waals surface area contributed by atoms with Crippen molar-refractivity contribution >= 4 is 27.5 Å². The predicted octanol–water partition coefficient (Wildman–Crippen LogP) is 2.31. The smallest absolute Gasteiger partial charge is 0.251 e. The molecule has 1 aromatic carbocycles. The van der Waals surface area contributed by atoms with Gasteiger partial charge in [0, 0.05) is 15.7 Å². The fourth-order valence-corrected chi connectivity index (χ4v) is 1.76. The van der Waals surface area contributed by atoms with Gasteiger partial charge in [0.05, 0.1) is 11.1 Å². The summed E-state index contributed by atoms with van der Waals surface area (Å²) in [5, 5.41) is 12.8. The molecule has 1 amide bonds. The second-order valence-corrected chi connectivity index (χ2v) is 6.33. The van der Waals surface area contributed by atoms with E-state index in [2.05, 4.69) is 21.2 Å². The van der Waals surface area contributed by atoms with E-state index < -0.39 is 11.1 Å². The van der Waals surface area contributed by atoms with Crippen LogP contribution in [0.2, 0.25) is 0 Å². The Kier molecular flexibility index (Phi) is 4.08. The number of carbonyl (C=O) groups is 1. The van der Waals surface area contributed by atoms with Gasteiger partial charge in [-0.05, 0) is 45.9 Å². The lowest BCUT2D eigenvalue weighted by molar-refractivity contribution is -0.00292. The maximum Gasteiger partial charge on any atom is 0.251 e. The van der Waals surface area contributed by atoms with E-state index >= 15 is 0 Å². The van der Waals surface area contributed by atoms with Crippen molar-refractivity contribution < 1.29 is 9.90 Å². The van der Waals surface area contributed by atoms with Gasteiger partial charge in [-0.1, -0.05) is 15.9 Å². The number of aliphatic hydroxyl groups is 1. The van der Waals surface area contributed by atoms with Gasteiger partial charge in [-0.25, -0.2) is 0 Å². The Bertz CT molecular complexity index is 444. The molecule has 0 aliphatic rings. The van der Waals surface area contributed by atoms with Crippen molar-refractivity contribution in [3.63, 3.8) is 0 Å². The number of hydrogen-bond donors (Lipinski definition) is 3. The largest absolute Gasteiger partial charge is 0.399 e. The van der Waals surface area contributed by atoms with Gasteiger partial charge in [-0.15, -0.1) is 0 Å². The fraction of sp³-hybridized carbons (Fsp3) is 0.462. The number of nitrogens with two attached hydrogens (primary N) is 1. The van der Waals surface area contributed by atoms with Crippen molar-refractivity contribution in [3.8, 4) is 0 Å². The van der Waals surface area contributed by atoms with E-state index in [0.717, 1.165) is 4.47 Å². The lowest BCUT2D eigenvalue weighted by Crippen LogP contribution is -2.57. The fourth-order valence-electron chi connectivity index (χ4n) is 1.25. The highest BCUT2D eigenvalue weighted by Gasteiger charge is 2.36. The van der Waals surface area contributed by atoms with Crippen LogP contribution in [0, 0.1) is 0 Å². The van der Waals surface area contributed by atoms with Crippen LogP contribution < -0.4 is 11.1 Å². The van der Waals surface area contributed by atoms with E-state index in [-0.39, 0.29) is 5.91 Å². The molecule has 0 fully saturated rings. The van der Waals surface area contributed by atoms with E-state index in [1.54, 1.807) is 45.9 Å². The topological polar surface area (TPSA) is 75.3 Å². The third kappa shape index (κ3) is 3.46. The Hall–Kier alpha value is -1.07. The zero-order valence-electron chi connectivity index (χ0n) is 11.0. The summed E-state index contributed by atoms with van der Waals surface area (Å²) in [6.07, 6.45) is 0. The van der Waals surface area contributed by atoms with Gasteiger partial charge in [0.1, 0.15) is 0 Å². The number of nitrogen functional groups attached to an aromatic ring is 1. The summed E-state index contributed by atoms with van der Waals surface area (Å²) < 4.78 is 0.744. The average molecular weight is 315 g/mol. The zero-order valence-corrected chi connectivity index (χ0v) is 12.6. The molecule has 0 atom stereocenters. The van der Waals surface area contributed by atoms with Crippen LogP contribution in [0.15, 0.2) is 22.7 Å². The molecule has 4 N–H and O–H groups in total. The number of halogens is 1. The summed E-state index contributed by atoms with van der Waals surface area (Å²) in [6, 6.07) is 5.00. The van der Waals surface area contributed by atoms with Crippen molar-refractivity contribution in [1.29, 1.82) is 0 Å². The van der Waals surface area contributed by atoms with Gasteiger partial charge in [0.15, 0.2) is 0 Å². The molecule has 0 aliphatic heterocycles. The molecule has 0 radical (unpaired) electrons. The van der Waals surface area contributed by atoms with Crippen molar-refractivity contribution in [2.24, 2.45) is 0 Å². The van der Waals surface area contributed by atoms with Crippen LogP contribution in [-0.2, 0) is 0 Å². The molecule has 0 unspecified atom stereocenters. The minimum Gasteiger partial charge on any atom is -0.399 e. The third-order valence-electron chi connectivity index (χ3n) is 3.14. The summed E-state index contributed by atoms with van der Waals surface area (Å²) in [6.45, 7) is 6.85. The van der Waals surface area contributed by atoms with Crippen molar-refractivity contribution in [2.75, 3.05) is 5.73 Å². The van der Waals surface area contributed by atoms with E-state index in [9.17, 15) is 9.90 Å². The molecule has 100 valence electrons. The average Bonchev–Trinajstić information content (AvgIpc) is 2.13. The molecule has 5 heteroatoms. The Morgan fingerprint density at radius 2 is 1.83 bits per heavy atom. The van der Waals surface area contributed by atoms with E-state index in [1.807, 2.05) is 0 Å². The normalized spacial score (nSPS) is 12.3. The van der Waals surface area contributed by atoms with Gasteiger partial charge < -0.3 is 16.2 Å². The van der Waals surface area contributed by atoms with E-state index in [4.69, 9.17) is 5.73 Å². The van der Waals surface area contributed by atoms with Gasteiger partial charge >= 0.3 is 0 Å². The minimum absolute atomic E-state index is 0.268. The van der Waals surface area contributed by atoms with Crippen LogP contribution in [0.25, 0.3) is 0 Å². The number of amides is 1. The number of nitrogens with one attached hydrogen (secondary N) is 1. The highest BCUT2D eigenvalue weighted by Crippen LogP contribution is 2.22. The van der Waals surface area contributed by atoms with Crippen LogP contribution >= 0.6 is 15.9 Å². The van der Waals surface area contributed by atoms with E-state index in [1.165, 1.54) is 0 Å². The molecular formula is C13H19BrN2O2. The van der Waals surface area contributed by atoms with Gasteiger partial charge in [-0.2, -0.15) is 0 Å². The first-order valence-electron chi connectivity index (χ1n) is 5.64. The first-order valence-corrected chi connectivity index (χ1v) is 6.43. The Labute approximate surface area is 116 Å². The molecule has 0 aliphatic carbocycles. The second-order valence-electron chi connectivity index (χ2n) is 5.41. The zero-order chi connectivity index (χ0) is 14.1. The molecular weight excluding hydrogens is 296 g/mol. The molecule has 18 heavy (non-hydrogen) atoms. The Morgan fingerprint density at radius 1 is 1.28 bits per heavy atom. The summed E-state index contributed by atoms with van der Waals surface area (Å²) in [4.78, 5) is 12.1. The summed E-state index contributed by atoms with van der Waals surface area (Å²) >= 11 is 3.29. The van der Waals surface area contributed by atoms with Crippen LogP contribution in [0.1, 0.15) is 38.1 Å². The molecule has 0 saturated heterocycles. The van der Waals surface area contributed by atoms with Crippen LogP contribution in [-0.4, -0.2) is 22.2 Å². The molecule has 0 bridgehead atoms. The molecule has 1 rings (SSSR count). The van der Waals surface area contributed by atoms with Gasteiger partial charge in [-0.3, -0.25) is 4.79 Å². The minimum atomic E-state index is -1.03. The van der Waals surface area contributed by atoms with Crippen molar-refractivity contribution in [2.45, 2.75) is 38.8 Å². The Balaban J connectivity index is 2.96. The number of rotatable bonds is 3. The standard InChI is InChI=1S/C13H19BrN2O2/c1-12(2,13(3,4)18)16-11(17)8-5-9(14)7-10(15)6-8/h5-7,18H,15H2,1-4H3,(H,16,17). The maximum atomic E-state index is 12.1.